The summed E-state index contributed by atoms with van der Waals surface area (Å²) in [5.41, 5.74) is 4.51. The first-order valence-corrected chi connectivity index (χ1v) is 6.92. The fourth-order valence-corrected chi connectivity index (χ4v) is 2.20. The average Bonchev–Trinajstić information content (AvgIpc) is 2.86. The highest BCUT2D eigenvalue weighted by molar-refractivity contribution is 5.64. The van der Waals surface area contributed by atoms with Crippen LogP contribution in [0.4, 0.5) is 23.0 Å². The van der Waals surface area contributed by atoms with E-state index in [1.165, 1.54) is 11.1 Å². The molecule has 0 saturated carbocycles. The van der Waals surface area contributed by atoms with Gasteiger partial charge in [0.2, 0.25) is 0 Å². The second-order valence-electron chi connectivity index (χ2n) is 5.16. The SMILES string of the molecule is Cc1cccc(Nc2cc(Nc3cccc(C)c3)[nH]n2)c1. The van der Waals surface area contributed by atoms with Gasteiger partial charge in [-0.2, -0.15) is 5.10 Å². The molecule has 21 heavy (non-hydrogen) atoms. The molecular weight excluding hydrogens is 260 g/mol. The van der Waals surface area contributed by atoms with Crippen molar-refractivity contribution in [3.63, 3.8) is 0 Å². The third-order valence-corrected chi connectivity index (χ3v) is 3.17. The molecule has 0 bridgehead atoms. The van der Waals surface area contributed by atoms with Gasteiger partial charge in [-0.25, -0.2) is 0 Å². The number of H-pyrrole nitrogens is 1. The van der Waals surface area contributed by atoms with Gasteiger partial charge in [0.15, 0.2) is 5.82 Å². The molecule has 0 atom stereocenters. The molecule has 3 aromatic rings. The smallest absolute Gasteiger partial charge is 0.154 e. The Morgan fingerprint density at radius 2 is 1.43 bits per heavy atom. The van der Waals surface area contributed by atoms with Gasteiger partial charge in [-0.05, 0) is 49.2 Å². The Morgan fingerprint density at radius 3 is 2.05 bits per heavy atom. The van der Waals surface area contributed by atoms with Gasteiger partial charge in [-0.15, -0.1) is 0 Å². The first-order chi connectivity index (χ1) is 10.2. The van der Waals surface area contributed by atoms with E-state index in [1.54, 1.807) is 0 Å². The molecule has 2 aromatic carbocycles. The zero-order chi connectivity index (χ0) is 14.7. The number of benzene rings is 2. The third-order valence-electron chi connectivity index (χ3n) is 3.17. The van der Waals surface area contributed by atoms with Crippen LogP contribution >= 0.6 is 0 Å². The van der Waals surface area contributed by atoms with E-state index in [2.05, 4.69) is 58.9 Å². The minimum Gasteiger partial charge on any atom is -0.341 e. The van der Waals surface area contributed by atoms with E-state index in [4.69, 9.17) is 0 Å². The van der Waals surface area contributed by atoms with Crippen LogP contribution in [0.15, 0.2) is 54.6 Å². The minimum absolute atomic E-state index is 0.788. The van der Waals surface area contributed by atoms with Crippen molar-refractivity contribution < 1.29 is 0 Å². The van der Waals surface area contributed by atoms with Crippen molar-refractivity contribution in [3.8, 4) is 0 Å². The van der Waals surface area contributed by atoms with Crippen LogP contribution in [-0.2, 0) is 0 Å². The highest BCUT2D eigenvalue weighted by atomic mass is 15.2. The van der Waals surface area contributed by atoms with Gasteiger partial charge < -0.3 is 10.6 Å². The Hall–Kier alpha value is -2.75. The molecule has 106 valence electrons. The largest absolute Gasteiger partial charge is 0.341 e. The van der Waals surface area contributed by atoms with Gasteiger partial charge in [0.25, 0.3) is 0 Å². The van der Waals surface area contributed by atoms with Gasteiger partial charge in [-0.1, -0.05) is 24.3 Å². The van der Waals surface area contributed by atoms with Gasteiger partial charge in [0, 0.05) is 17.4 Å². The van der Waals surface area contributed by atoms with Gasteiger partial charge >= 0.3 is 0 Å². The molecule has 0 aliphatic carbocycles. The Bertz CT molecular complexity index is 684. The molecule has 4 nitrogen and oxygen atoms in total. The number of aromatic amines is 1. The molecular formula is C17H18N4. The van der Waals surface area contributed by atoms with E-state index >= 15 is 0 Å². The van der Waals surface area contributed by atoms with Crippen molar-refractivity contribution >= 4 is 23.0 Å². The van der Waals surface area contributed by atoms with Crippen LogP contribution in [0, 0.1) is 13.8 Å². The summed E-state index contributed by atoms with van der Waals surface area (Å²) in [6.45, 7) is 4.14. The monoisotopic (exact) mass is 278 g/mol. The number of aromatic nitrogens is 2. The van der Waals surface area contributed by atoms with Crippen molar-refractivity contribution in [2.45, 2.75) is 13.8 Å². The van der Waals surface area contributed by atoms with E-state index in [-0.39, 0.29) is 0 Å². The molecule has 0 fully saturated rings. The summed E-state index contributed by atoms with van der Waals surface area (Å²) in [5.74, 6) is 1.64. The zero-order valence-electron chi connectivity index (χ0n) is 12.1. The van der Waals surface area contributed by atoms with Crippen molar-refractivity contribution in [1.29, 1.82) is 0 Å². The standard InChI is InChI=1S/C17H18N4/c1-12-5-3-7-14(9-12)18-16-11-17(21-20-16)19-15-8-4-6-13(2)10-15/h3-11H,1-2H3,(H3,18,19,20,21). The molecule has 0 radical (unpaired) electrons. The lowest BCUT2D eigenvalue weighted by Gasteiger charge is -2.04. The fraction of sp³-hybridized carbons (Fsp3) is 0.118. The second kappa shape index (κ2) is 5.71. The number of rotatable bonds is 4. The summed E-state index contributed by atoms with van der Waals surface area (Å²) in [7, 11) is 0. The summed E-state index contributed by atoms with van der Waals surface area (Å²) in [5, 5.41) is 13.8. The number of anilines is 4. The van der Waals surface area contributed by atoms with Crippen LogP contribution in [0.25, 0.3) is 0 Å². The minimum atomic E-state index is 0.788. The van der Waals surface area contributed by atoms with E-state index in [9.17, 15) is 0 Å². The van der Waals surface area contributed by atoms with Gasteiger partial charge in [-0.3, -0.25) is 5.10 Å². The summed E-state index contributed by atoms with van der Waals surface area (Å²) in [6.07, 6.45) is 0. The molecule has 3 rings (SSSR count). The van der Waals surface area contributed by atoms with E-state index in [0.717, 1.165) is 23.0 Å². The molecule has 0 amide bonds. The molecule has 0 saturated heterocycles. The normalized spacial score (nSPS) is 10.4. The van der Waals surface area contributed by atoms with Crippen LogP contribution in [0.5, 0.6) is 0 Å². The third kappa shape index (κ3) is 3.42. The number of aryl methyl sites for hydroxylation is 2. The summed E-state index contributed by atoms with van der Waals surface area (Å²) >= 11 is 0. The van der Waals surface area contributed by atoms with Gasteiger partial charge in [0.05, 0.1) is 0 Å². The average molecular weight is 278 g/mol. The van der Waals surface area contributed by atoms with Crippen LogP contribution in [0.1, 0.15) is 11.1 Å². The van der Waals surface area contributed by atoms with Crippen molar-refractivity contribution in [2.75, 3.05) is 10.6 Å². The first kappa shape index (κ1) is 13.2. The lowest BCUT2D eigenvalue weighted by molar-refractivity contribution is 1.09. The number of nitrogens with one attached hydrogen (secondary N) is 3. The molecule has 0 spiro atoms. The Labute approximate surface area is 124 Å². The Balaban J connectivity index is 1.71. The molecule has 0 aliphatic rings. The molecule has 3 N–H and O–H groups in total. The van der Waals surface area contributed by atoms with Crippen LogP contribution in [0.3, 0.4) is 0 Å². The molecule has 1 heterocycles. The molecule has 0 aliphatic heterocycles. The fourth-order valence-electron chi connectivity index (χ4n) is 2.20. The maximum Gasteiger partial charge on any atom is 0.154 e. The van der Waals surface area contributed by atoms with E-state index in [0.29, 0.717) is 0 Å². The molecule has 1 aromatic heterocycles. The first-order valence-electron chi connectivity index (χ1n) is 6.92. The number of nitrogens with zero attached hydrogens (tertiary/aromatic N) is 1. The Morgan fingerprint density at radius 1 is 0.810 bits per heavy atom. The lowest BCUT2D eigenvalue weighted by atomic mass is 10.2. The summed E-state index contributed by atoms with van der Waals surface area (Å²) < 4.78 is 0. The van der Waals surface area contributed by atoms with Crippen molar-refractivity contribution in [2.24, 2.45) is 0 Å². The summed E-state index contributed by atoms with van der Waals surface area (Å²) in [4.78, 5) is 0. The summed E-state index contributed by atoms with van der Waals surface area (Å²) in [6, 6.07) is 18.4. The topological polar surface area (TPSA) is 52.7 Å². The maximum absolute atomic E-state index is 4.26. The number of hydrogen-bond acceptors (Lipinski definition) is 3. The lowest BCUT2D eigenvalue weighted by Crippen LogP contribution is -1.90. The maximum atomic E-state index is 4.26. The highest BCUT2D eigenvalue weighted by Gasteiger charge is 2.02. The van der Waals surface area contributed by atoms with Crippen LogP contribution in [0.2, 0.25) is 0 Å². The van der Waals surface area contributed by atoms with Crippen LogP contribution < -0.4 is 10.6 Å². The number of hydrogen-bond donors (Lipinski definition) is 3. The molecule has 4 heteroatoms. The van der Waals surface area contributed by atoms with Crippen molar-refractivity contribution in [1.82, 2.24) is 10.2 Å². The Kier molecular flexibility index (Phi) is 3.60. The molecule has 0 unspecified atom stereocenters. The van der Waals surface area contributed by atoms with Gasteiger partial charge in [0.1, 0.15) is 5.82 Å². The zero-order valence-corrected chi connectivity index (χ0v) is 12.1. The van der Waals surface area contributed by atoms with Crippen molar-refractivity contribution in [3.05, 3.63) is 65.7 Å². The van der Waals surface area contributed by atoms with E-state index in [1.807, 2.05) is 30.3 Å². The highest BCUT2D eigenvalue weighted by Crippen LogP contribution is 2.21. The predicted molar refractivity (Wildman–Crippen MR) is 87.5 cm³/mol. The predicted octanol–water partition coefficient (Wildman–Crippen LogP) is 4.51. The second-order valence-corrected chi connectivity index (χ2v) is 5.16. The van der Waals surface area contributed by atoms with E-state index < -0.39 is 0 Å². The quantitative estimate of drug-likeness (QED) is 0.658. The van der Waals surface area contributed by atoms with Crippen LogP contribution in [-0.4, -0.2) is 10.2 Å².